The highest BCUT2D eigenvalue weighted by atomic mass is 16.2. The number of likely N-dealkylation sites (tertiary alicyclic amines) is 1. The molecule has 1 atom stereocenters. The predicted molar refractivity (Wildman–Crippen MR) is 95.4 cm³/mol. The van der Waals surface area contributed by atoms with Crippen molar-refractivity contribution in [3.63, 3.8) is 0 Å². The fraction of sp³-hybridized carbons (Fsp3) is 0.556. The standard InChI is InChI=1S/C18H26N6O/c1-14-20-11-16(12-21-14)18(25)24-7-4-5-15(13-24)17-19-6-8-23(17)10-9-22(2)3/h6,8,11-12,15H,4-5,7,9-10,13H2,1-3H3/t15-/m0/s1. The lowest BCUT2D eigenvalue weighted by molar-refractivity contribution is 0.0702. The van der Waals surface area contributed by atoms with Crippen molar-refractivity contribution in [1.82, 2.24) is 29.3 Å². The summed E-state index contributed by atoms with van der Waals surface area (Å²) < 4.78 is 2.22. The van der Waals surface area contributed by atoms with Crippen molar-refractivity contribution >= 4 is 5.91 Å². The Labute approximate surface area is 148 Å². The van der Waals surface area contributed by atoms with E-state index in [-0.39, 0.29) is 11.8 Å². The normalized spacial score (nSPS) is 17.9. The first kappa shape index (κ1) is 17.5. The summed E-state index contributed by atoms with van der Waals surface area (Å²) in [7, 11) is 4.14. The molecule has 3 rings (SSSR count). The van der Waals surface area contributed by atoms with Gasteiger partial charge in [-0.15, -0.1) is 0 Å². The zero-order chi connectivity index (χ0) is 17.8. The Morgan fingerprint density at radius 3 is 2.76 bits per heavy atom. The Bertz CT molecular complexity index is 709. The van der Waals surface area contributed by atoms with Gasteiger partial charge in [-0.1, -0.05) is 0 Å². The van der Waals surface area contributed by atoms with E-state index < -0.39 is 0 Å². The second kappa shape index (κ2) is 7.74. The van der Waals surface area contributed by atoms with Crippen LogP contribution in [0.4, 0.5) is 0 Å². The van der Waals surface area contributed by atoms with Gasteiger partial charge in [0.25, 0.3) is 5.91 Å². The molecular weight excluding hydrogens is 316 g/mol. The minimum absolute atomic E-state index is 0.0103. The average molecular weight is 342 g/mol. The highest BCUT2D eigenvalue weighted by molar-refractivity contribution is 5.93. The molecule has 7 heteroatoms. The largest absolute Gasteiger partial charge is 0.338 e. The minimum atomic E-state index is 0.0103. The zero-order valence-electron chi connectivity index (χ0n) is 15.2. The highest BCUT2D eigenvalue weighted by Gasteiger charge is 2.28. The molecule has 0 bridgehead atoms. The molecular formula is C18H26N6O. The fourth-order valence-corrected chi connectivity index (χ4v) is 3.24. The quantitative estimate of drug-likeness (QED) is 0.825. The van der Waals surface area contributed by atoms with Gasteiger partial charge in [0.05, 0.1) is 5.56 Å². The van der Waals surface area contributed by atoms with Gasteiger partial charge in [0.1, 0.15) is 11.6 Å². The summed E-state index contributed by atoms with van der Waals surface area (Å²) in [5.74, 6) is 2.05. The van der Waals surface area contributed by atoms with Crippen molar-refractivity contribution in [1.29, 1.82) is 0 Å². The van der Waals surface area contributed by atoms with Crippen molar-refractivity contribution in [2.75, 3.05) is 33.7 Å². The molecule has 134 valence electrons. The Balaban J connectivity index is 1.70. The third-order valence-electron chi connectivity index (χ3n) is 4.64. The van der Waals surface area contributed by atoms with Crippen molar-refractivity contribution in [3.05, 3.63) is 42.0 Å². The van der Waals surface area contributed by atoms with Gasteiger partial charge in [-0.25, -0.2) is 15.0 Å². The molecule has 0 radical (unpaired) electrons. The topological polar surface area (TPSA) is 67.2 Å². The molecule has 2 aromatic rings. The van der Waals surface area contributed by atoms with E-state index in [2.05, 4.69) is 38.5 Å². The number of rotatable bonds is 5. The molecule has 1 aliphatic rings. The third-order valence-corrected chi connectivity index (χ3v) is 4.64. The van der Waals surface area contributed by atoms with Crippen LogP contribution < -0.4 is 0 Å². The summed E-state index contributed by atoms with van der Waals surface area (Å²) in [5, 5.41) is 0. The zero-order valence-corrected chi connectivity index (χ0v) is 15.2. The first-order valence-electron chi connectivity index (χ1n) is 8.78. The van der Waals surface area contributed by atoms with Crippen LogP contribution in [0.5, 0.6) is 0 Å². The number of carbonyl (C=O) groups is 1. The molecule has 0 spiro atoms. The third kappa shape index (κ3) is 4.22. The monoisotopic (exact) mass is 342 g/mol. The molecule has 0 unspecified atom stereocenters. The number of aryl methyl sites for hydroxylation is 1. The first-order chi connectivity index (χ1) is 12.0. The maximum Gasteiger partial charge on any atom is 0.257 e. The molecule has 0 N–H and O–H groups in total. The van der Waals surface area contributed by atoms with Crippen LogP contribution >= 0.6 is 0 Å². The van der Waals surface area contributed by atoms with Crippen molar-refractivity contribution in [2.45, 2.75) is 32.2 Å². The molecule has 25 heavy (non-hydrogen) atoms. The van der Waals surface area contributed by atoms with Gasteiger partial charge < -0.3 is 14.4 Å². The van der Waals surface area contributed by atoms with Gasteiger partial charge in [-0.2, -0.15) is 0 Å². The Morgan fingerprint density at radius 1 is 1.28 bits per heavy atom. The Morgan fingerprint density at radius 2 is 2.04 bits per heavy atom. The number of amides is 1. The van der Waals surface area contributed by atoms with E-state index in [4.69, 9.17) is 0 Å². The molecule has 2 aromatic heterocycles. The van der Waals surface area contributed by atoms with Gasteiger partial charge in [-0.05, 0) is 33.9 Å². The maximum atomic E-state index is 12.7. The van der Waals surface area contributed by atoms with Crippen LogP contribution in [0.1, 0.15) is 40.8 Å². The smallest absolute Gasteiger partial charge is 0.257 e. The summed E-state index contributed by atoms with van der Waals surface area (Å²) in [6.07, 6.45) is 9.18. The SMILES string of the molecule is Cc1ncc(C(=O)N2CCC[C@H](c3nccn3CCN(C)C)C2)cn1. The number of likely N-dealkylation sites (N-methyl/N-ethyl adjacent to an activating group) is 1. The second-order valence-corrected chi connectivity index (χ2v) is 6.89. The molecule has 0 aromatic carbocycles. The van der Waals surface area contributed by atoms with Crippen molar-refractivity contribution in [3.8, 4) is 0 Å². The highest BCUT2D eigenvalue weighted by Crippen LogP contribution is 2.26. The van der Waals surface area contributed by atoms with Crippen LogP contribution in [0.3, 0.4) is 0 Å². The van der Waals surface area contributed by atoms with E-state index in [1.807, 2.05) is 24.2 Å². The maximum absolute atomic E-state index is 12.7. The van der Waals surface area contributed by atoms with E-state index in [0.29, 0.717) is 17.9 Å². The van der Waals surface area contributed by atoms with Crippen LogP contribution in [-0.4, -0.2) is 69.0 Å². The van der Waals surface area contributed by atoms with Crippen LogP contribution in [0, 0.1) is 6.92 Å². The van der Waals surface area contributed by atoms with Crippen LogP contribution in [0.15, 0.2) is 24.8 Å². The summed E-state index contributed by atoms with van der Waals surface area (Å²) >= 11 is 0. The van der Waals surface area contributed by atoms with Gasteiger partial charge in [0.2, 0.25) is 0 Å². The fourth-order valence-electron chi connectivity index (χ4n) is 3.24. The van der Waals surface area contributed by atoms with E-state index in [1.165, 1.54) is 0 Å². The molecule has 1 saturated heterocycles. The van der Waals surface area contributed by atoms with Crippen molar-refractivity contribution < 1.29 is 4.79 Å². The van der Waals surface area contributed by atoms with E-state index in [9.17, 15) is 4.79 Å². The molecule has 1 aliphatic heterocycles. The average Bonchev–Trinajstić information content (AvgIpc) is 3.09. The summed E-state index contributed by atoms with van der Waals surface area (Å²) in [5.41, 5.74) is 0.558. The lowest BCUT2D eigenvalue weighted by Gasteiger charge is -2.32. The number of nitrogens with zero attached hydrogens (tertiary/aromatic N) is 6. The lowest BCUT2D eigenvalue weighted by Crippen LogP contribution is -2.40. The number of aromatic nitrogens is 4. The molecule has 0 aliphatic carbocycles. The first-order valence-corrected chi connectivity index (χ1v) is 8.78. The van der Waals surface area contributed by atoms with Crippen molar-refractivity contribution in [2.24, 2.45) is 0 Å². The van der Waals surface area contributed by atoms with Crippen LogP contribution in [0.2, 0.25) is 0 Å². The predicted octanol–water partition coefficient (Wildman–Crippen LogP) is 1.56. The Kier molecular flexibility index (Phi) is 5.43. The number of hydrogen-bond donors (Lipinski definition) is 0. The minimum Gasteiger partial charge on any atom is -0.338 e. The summed E-state index contributed by atoms with van der Waals surface area (Å²) in [4.78, 5) is 29.7. The number of carbonyl (C=O) groups excluding carboxylic acids is 1. The van der Waals surface area contributed by atoms with E-state index >= 15 is 0 Å². The molecule has 3 heterocycles. The molecule has 7 nitrogen and oxygen atoms in total. The van der Waals surface area contributed by atoms with Gasteiger partial charge in [0.15, 0.2) is 0 Å². The summed E-state index contributed by atoms with van der Waals surface area (Å²) in [6.45, 7) is 5.18. The molecule has 1 amide bonds. The summed E-state index contributed by atoms with van der Waals surface area (Å²) in [6, 6.07) is 0. The van der Waals surface area contributed by atoms with Gasteiger partial charge in [0, 0.05) is 56.9 Å². The number of piperidine rings is 1. The number of hydrogen-bond acceptors (Lipinski definition) is 5. The van der Waals surface area contributed by atoms with Crippen LogP contribution in [-0.2, 0) is 6.54 Å². The van der Waals surface area contributed by atoms with Crippen LogP contribution in [0.25, 0.3) is 0 Å². The second-order valence-electron chi connectivity index (χ2n) is 6.89. The van der Waals surface area contributed by atoms with Gasteiger partial charge in [-0.3, -0.25) is 4.79 Å². The van der Waals surface area contributed by atoms with Gasteiger partial charge >= 0.3 is 0 Å². The molecule has 0 saturated carbocycles. The lowest BCUT2D eigenvalue weighted by atomic mass is 9.96. The van der Waals surface area contributed by atoms with E-state index in [1.54, 1.807) is 12.4 Å². The number of imidazole rings is 1. The molecule has 1 fully saturated rings. The Hall–Kier alpha value is -2.28. The van der Waals surface area contributed by atoms with E-state index in [0.717, 1.165) is 38.3 Å².